The topological polar surface area (TPSA) is 76.0 Å². The number of aromatic nitrogens is 2. The predicted octanol–water partition coefficient (Wildman–Crippen LogP) is 4.64. The molecule has 0 aliphatic heterocycles. The number of nitrogens with one attached hydrogen (secondary N) is 2. The lowest BCUT2D eigenvalue weighted by Crippen LogP contribution is -2.24. The van der Waals surface area contributed by atoms with Gasteiger partial charge >= 0.3 is 0 Å². The van der Waals surface area contributed by atoms with Crippen LogP contribution in [0.15, 0.2) is 60.8 Å². The number of hydrogen-bond acceptors (Lipinski definition) is 3. The van der Waals surface area contributed by atoms with Crippen LogP contribution in [0.2, 0.25) is 10.0 Å². The molecule has 0 aliphatic rings. The minimum absolute atomic E-state index is 0.192. The van der Waals surface area contributed by atoms with Crippen LogP contribution in [0.4, 0.5) is 11.4 Å². The summed E-state index contributed by atoms with van der Waals surface area (Å²) in [5.74, 6) is -0.666. The van der Waals surface area contributed by atoms with Crippen molar-refractivity contribution in [3.63, 3.8) is 0 Å². The van der Waals surface area contributed by atoms with Crippen molar-refractivity contribution in [3.8, 4) is 0 Å². The third-order valence-electron chi connectivity index (χ3n) is 3.79. The number of benzene rings is 2. The third kappa shape index (κ3) is 4.87. The molecule has 0 saturated carbocycles. The summed E-state index contributed by atoms with van der Waals surface area (Å²) in [7, 11) is 0. The molecule has 0 spiro atoms. The summed E-state index contributed by atoms with van der Waals surface area (Å²) in [6.07, 6.45) is 1.58. The monoisotopic (exact) mass is 402 g/mol. The van der Waals surface area contributed by atoms with Crippen LogP contribution in [0.3, 0.4) is 0 Å². The molecule has 138 valence electrons. The van der Waals surface area contributed by atoms with Crippen LogP contribution in [0.25, 0.3) is 0 Å². The fourth-order valence-electron chi connectivity index (χ4n) is 2.37. The summed E-state index contributed by atoms with van der Waals surface area (Å²) in [5, 5.41) is 10.7. The maximum atomic E-state index is 12.4. The average molecular weight is 403 g/mol. The van der Waals surface area contributed by atoms with E-state index >= 15 is 0 Å². The Morgan fingerprint density at radius 2 is 1.56 bits per heavy atom. The molecule has 0 radical (unpaired) electrons. The molecule has 0 fully saturated rings. The molecular formula is C19H16Cl2N4O2. The van der Waals surface area contributed by atoms with Gasteiger partial charge in [0.05, 0.1) is 0 Å². The molecule has 1 heterocycles. The number of anilines is 2. The van der Waals surface area contributed by atoms with Gasteiger partial charge < -0.3 is 10.6 Å². The molecule has 0 aliphatic carbocycles. The number of rotatable bonds is 5. The molecule has 1 aromatic heterocycles. The van der Waals surface area contributed by atoms with Crippen LogP contribution in [0.1, 0.15) is 23.5 Å². The van der Waals surface area contributed by atoms with Crippen molar-refractivity contribution >= 4 is 46.4 Å². The maximum absolute atomic E-state index is 12.4. The van der Waals surface area contributed by atoms with Crippen LogP contribution in [-0.2, 0) is 4.79 Å². The van der Waals surface area contributed by atoms with Crippen molar-refractivity contribution in [2.24, 2.45) is 0 Å². The second kappa shape index (κ2) is 8.24. The van der Waals surface area contributed by atoms with Gasteiger partial charge in [0.1, 0.15) is 6.04 Å². The number of amides is 2. The molecular weight excluding hydrogens is 387 g/mol. The molecule has 0 bridgehead atoms. The number of carbonyl (C=O) groups excluding carboxylic acids is 2. The van der Waals surface area contributed by atoms with Crippen molar-refractivity contribution in [3.05, 3.63) is 76.5 Å². The van der Waals surface area contributed by atoms with Crippen LogP contribution in [0.5, 0.6) is 0 Å². The third-order valence-corrected chi connectivity index (χ3v) is 4.26. The Labute approximate surface area is 166 Å². The summed E-state index contributed by atoms with van der Waals surface area (Å²) < 4.78 is 1.42. The Morgan fingerprint density at radius 3 is 2.15 bits per heavy atom. The van der Waals surface area contributed by atoms with E-state index in [0.29, 0.717) is 21.4 Å². The van der Waals surface area contributed by atoms with E-state index in [9.17, 15) is 9.59 Å². The molecule has 2 amide bonds. The van der Waals surface area contributed by atoms with Gasteiger partial charge in [0, 0.05) is 27.6 Å². The molecule has 2 aromatic carbocycles. The van der Waals surface area contributed by atoms with E-state index in [0.717, 1.165) is 0 Å². The van der Waals surface area contributed by atoms with Crippen molar-refractivity contribution < 1.29 is 9.59 Å². The zero-order valence-electron chi connectivity index (χ0n) is 14.3. The summed E-state index contributed by atoms with van der Waals surface area (Å²) in [6.45, 7) is 1.69. The first-order valence-electron chi connectivity index (χ1n) is 8.11. The van der Waals surface area contributed by atoms with E-state index in [1.54, 1.807) is 67.7 Å². The Balaban J connectivity index is 1.67. The molecule has 1 atom stereocenters. The van der Waals surface area contributed by atoms with Gasteiger partial charge in [-0.2, -0.15) is 5.10 Å². The highest BCUT2D eigenvalue weighted by atomic mass is 35.5. The second-order valence-corrected chi connectivity index (χ2v) is 6.69. The van der Waals surface area contributed by atoms with Gasteiger partial charge in [-0.1, -0.05) is 35.3 Å². The van der Waals surface area contributed by atoms with Gasteiger partial charge in [0.25, 0.3) is 5.91 Å². The largest absolute Gasteiger partial charge is 0.324 e. The number of halogens is 2. The minimum Gasteiger partial charge on any atom is -0.324 e. The van der Waals surface area contributed by atoms with E-state index in [4.69, 9.17) is 23.2 Å². The fraction of sp³-hybridized carbons (Fsp3) is 0.105. The van der Waals surface area contributed by atoms with Crippen LogP contribution >= 0.6 is 23.2 Å². The molecule has 2 N–H and O–H groups in total. The number of hydrogen-bond donors (Lipinski definition) is 2. The Morgan fingerprint density at radius 1 is 0.963 bits per heavy atom. The van der Waals surface area contributed by atoms with Crippen LogP contribution in [-0.4, -0.2) is 21.6 Å². The smallest absolute Gasteiger partial charge is 0.276 e. The van der Waals surface area contributed by atoms with Gasteiger partial charge in [-0.3, -0.25) is 14.3 Å². The molecule has 27 heavy (non-hydrogen) atoms. The lowest BCUT2D eigenvalue weighted by Gasteiger charge is -2.13. The first-order valence-corrected chi connectivity index (χ1v) is 8.86. The zero-order chi connectivity index (χ0) is 19.4. The molecule has 3 aromatic rings. The first kappa shape index (κ1) is 18.9. The normalized spacial score (nSPS) is 11.7. The standard InChI is InChI=1S/C19H16Cl2N4O2/c1-12(18(26)22-15-6-2-4-13(20)10-15)25-9-8-17(24-25)19(27)23-16-7-3-5-14(21)11-16/h2-12H,1H3,(H,22,26)(H,23,27)/t12-/m1/s1. The van der Waals surface area contributed by atoms with Crippen molar-refractivity contribution in [2.75, 3.05) is 10.6 Å². The minimum atomic E-state index is -0.614. The van der Waals surface area contributed by atoms with Gasteiger partial charge in [0.15, 0.2) is 5.69 Å². The fourth-order valence-corrected chi connectivity index (χ4v) is 2.75. The summed E-state index contributed by atoms with van der Waals surface area (Å²) >= 11 is 11.8. The Kier molecular flexibility index (Phi) is 5.78. The Bertz CT molecular complexity index is 987. The average Bonchev–Trinajstić information content (AvgIpc) is 3.11. The summed E-state index contributed by atoms with van der Waals surface area (Å²) in [6, 6.07) is 14.6. The quantitative estimate of drug-likeness (QED) is 0.652. The van der Waals surface area contributed by atoms with Crippen LogP contribution in [0, 0.1) is 0 Å². The second-order valence-electron chi connectivity index (χ2n) is 5.82. The maximum Gasteiger partial charge on any atom is 0.276 e. The first-order chi connectivity index (χ1) is 12.9. The number of carbonyl (C=O) groups is 2. The zero-order valence-corrected chi connectivity index (χ0v) is 15.8. The van der Waals surface area contributed by atoms with E-state index in [2.05, 4.69) is 15.7 Å². The predicted molar refractivity (Wildman–Crippen MR) is 106 cm³/mol. The van der Waals surface area contributed by atoms with Gasteiger partial charge in [-0.25, -0.2) is 0 Å². The summed E-state index contributed by atoms with van der Waals surface area (Å²) in [4.78, 5) is 24.7. The molecule has 6 nitrogen and oxygen atoms in total. The van der Waals surface area contributed by atoms with E-state index in [1.807, 2.05) is 0 Å². The van der Waals surface area contributed by atoms with E-state index in [-0.39, 0.29) is 11.6 Å². The highest BCUT2D eigenvalue weighted by Crippen LogP contribution is 2.18. The molecule has 8 heteroatoms. The van der Waals surface area contributed by atoms with Crippen LogP contribution < -0.4 is 10.6 Å². The Hall–Kier alpha value is -2.83. The van der Waals surface area contributed by atoms with Crippen molar-refractivity contribution in [1.82, 2.24) is 9.78 Å². The molecule has 3 rings (SSSR count). The highest BCUT2D eigenvalue weighted by molar-refractivity contribution is 6.31. The van der Waals surface area contributed by atoms with Gasteiger partial charge in [-0.15, -0.1) is 0 Å². The van der Waals surface area contributed by atoms with Crippen molar-refractivity contribution in [2.45, 2.75) is 13.0 Å². The SMILES string of the molecule is C[C@H](C(=O)Nc1cccc(Cl)c1)n1ccc(C(=O)Nc2cccc(Cl)c2)n1. The lowest BCUT2D eigenvalue weighted by atomic mass is 10.2. The van der Waals surface area contributed by atoms with E-state index < -0.39 is 11.9 Å². The summed E-state index contributed by atoms with van der Waals surface area (Å²) in [5.41, 5.74) is 1.34. The van der Waals surface area contributed by atoms with Gasteiger partial charge in [0.2, 0.25) is 5.91 Å². The molecule has 0 saturated heterocycles. The number of nitrogens with zero attached hydrogens (tertiary/aromatic N) is 2. The van der Waals surface area contributed by atoms with Crippen molar-refractivity contribution in [1.29, 1.82) is 0 Å². The lowest BCUT2D eigenvalue weighted by molar-refractivity contribution is -0.119. The highest BCUT2D eigenvalue weighted by Gasteiger charge is 2.18. The van der Waals surface area contributed by atoms with E-state index in [1.165, 1.54) is 4.68 Å². The molecule has 0 unspecified atom stereocenters. The van der Waals surface area contributed by atoms with Gasteiger partial charge in [-0.05, 0) is 49.4 Å².